The first kappa shape index (κ1) is 6.11. The van der Waals surface area contributed by atoms with Crippen LogP contribution in [0, 0.1) is 0 Å². The van der Waals surface area contributed by atoms with Gasteiger partial charge in [0.05, 0.1) is 4.21 Å². The van der Waals surface area contributed by atoms with Crippen LogP contribution in [0.15, 0.2) is 16.5 Å². The number of rotatable bonds is 2. The van der Waals surface area contributed by atoms with Gasteiger partial charge in [0.25, 0.3) is 0 Å². The Balaban J connectivity index is 2.50. The lowest BCUT2D eigenvalue weighted by Crippen LogP contribution is -1.59. The number of thioether (sulfide) groups is 1. The molecule has 0 saturated carbocycles. The molecule has 0 spiro atoms. The van der Waals surface area contributed by atoms with Crippen molar-refractivity contribution < 1.29 is 0 Å². The SMILES string of the molecule is CCSc1ccns1. The molecule has 8 heavy (non-hydrogen) atoms. The Kier molecular flexibility index (Phi) is 2.36. The van der Waals surface area contributed by atoms with Crippen LogP contribution in [0.2, 0.25) is 0 Å². The van der Waals surface area contributed by atoms with Crippen LogP contribution >= 0.6 is 23.3 Å². The lowest BCUT2D eigenvalue weighted by Gasteiger charge is -1.84. The number of hydrogen-bond acceptors (Lipinski definition) is 3. The summed E-state index contributed by atoms with van der Waals surface area (Å²) in [6, 6.07) is 2.04. The average Bonchev–Trinajstić information content (AvgIpc) is 2.19. The van der Waals surface area contributed by atoms with Gasteiger partial charge in [0.2, 0.25) is 0 Å². The number of aromatic nitrogens is 1. The van der Waals surface area contributed by atoms with Crippen molar-refractivity contribution in [3.05, 3.63) is 12.3 Å². The predicted octanol–water partition coefficient (Wildman–Crippen LogP) is 2.26. The van der Waals surface area contributed by atoms with Crippen molar-refractivity contribution in [2.75, 3.05) is 5.75 Å². The van der Waals surface area contributed by atoms with Crippen LogP contribution in [-0.2, 0) is 0 Å². The zero-order valence-corrected chi connectivity index (χ0v) is 6.26. The summed E-state index contributed by atoms with van der Waals surface area (Å²) in [6.07, 6.45) is 1.84. The van der Waals surface area contributed by atoms with E-state index in [1.54, 1.807) is 11.5 Å². The van der Waals surface area contributed by atoms with Crippen molar-refractivity contribution in [3.63, 3.8) is 0 Å². The maximum Gasteiger partial charge on any atom is 0.0806 e. The number of nitrogens with zero attached hydrogens (tertiary/aromatic N) is 1. The Morgan fingerprint density at radius 2 is 2.75 bits per heavy atom. The van der Waals surface area contributed by atoms with Gasteiger partial charge in [-0.15, -0.1) is 11.8 Å². The highest BCUT2D eigenvalue weighted by Gasteiger charge is 1.89. The molecule has 0 saturated heterocycles. The van der Waals surface area contributed by atoms with E-state index in [1.807, 2.05) is 24.0 Å². The van der Waals surface area contributed by atoms with E-state index in [4.69, 9.17) is 0 Å². The van der Waals surface area contributed by atoms with Crippen molar-refractivity contribution in [2.45, 2.75) is 11.1 Å². The molecular weight excluding hydrogens is 138 g/mol. The molecular formula is C5H7NS2. The Labute approximate surface area is 57.3 Å². The summed E-state index contributed by atoms with van der Waals surface area (Å²) in [7, 11) is 0. The molecule has 0 N–H and O–H groups in total. The van der Waals surface area contributed by atoms with Gasteiger partial charge >= 0.3 is 0 Å². The fourth-order valence-corrected chi connectivity index (χ4v) is 1.90. The van der Waals surface area contributed by atoms with E-state index in [0.29, 0.717) is 0 Å². The lowest BCUT2D eigenvalue weighted by molar-refractivity contribution is 1.51. The molecule has 44 valence electrons. The van der Waals surface area contributed by atoms with Crippen LogP contribution in [0.4, 0.5) is 0 Å². The van der Waals surface area contributed by atoms with E-state index in [1.165, 1.54) is 4.21 Å². The Hall–Kier alpha value is -0.0200. The van der Waals surface area contributed by atoms with Crippen LogP contribution < -0.4 is 0 Å². The quantitative estimate of drug-likeness (QED) is 0.592. The molecule has 0 amide bonds. The molecule has 0 aromatic carbocycles. The molecule has 1 aromatic rings. The molecule has 0 fully saturated rings. The molecule has 0 aliphatic heterocycles. The highest BCUT2D eigenvalue weighted by atomic mass is 32.2. The van der Waals surface area contributed by atoms with E-state index in [9.17, 15) is 0 Å². The summed E-state index contributed by atoms with van der Waals surface area (Å²) in [5, 5.41) is 0. The van der Waals surface area contributed by atoms with Crippen LogP contribution in [0.1, 0.15) is 6.92 Å². The molecule has 0 unspecified atom stereocenters. The molecule has 0 aliphatic carbocycles. The Morgan fingerprint density at radius 3 is 3.25 bits per heavy atom. The summed E-state index contributed by atoms with van der Waals surface area (Å²) < 4.78 is 5.27. The Morgan fingerprint density at radius 1 is 1.88 bits per heavy atom. The predicted molar refractivity (Wildman–Crippen MR) is 38.5 cm³/mol. The molecule has 3 heteroatoms. The van der Waals surface area contributed by atoms with Gasteiger partial charge in [0, 0.05) is 6.20 Å². The van der Waals surface area contributed by atoms with Gasteiger partial charge < -0.3 is 0 Å². The van der Waals surface area contributed by atoms with E-state index < -0.39 is 0 Å². The van der Waals surface area contributed by atoms with Crippen molar-refractivity contribution >= 4 is 23.3 Å². The molecule has 1 nitrogen and oxygen atoms in total. The fraction of sp³-hybridized carbons (Fsp3) is 0.400. The fourth-order valence-electron chi connectivity index (χ4n) is 0.421. The van der Waals surface area contributed by atoms with Crippen molar-refractivity contribution in [1.82, 2.24) is 4.37 Å². The number of hydrogen-bond donors (Lipinski definition) is 0. The molecule has 0 aliphatic rings. The molecule has 1 rings (SSSR count). The first-order chi connectivity index (χ1) is 3.93. The highest BCUT2D eigenvalue weighted by molar-refractivity contribution is 8.01. The maximum atomic E-state index is 3.96. The third-order valence-corrected chi connectivity index (χ3v) is 2.53. The van der Waals surface area contributed by atoms with Crippen LogP contribution in [-0.4, -0.2) is 10.1 Å². The second-order valence-electron chi connectivity index (χ2n) is 1.26. The molecule has 1 aromatic heterocycles. The normalized spacial score (nSPS) is 9.62. The summed E-state index contributed by atoms with van der Waals surface area (Å²) >= 11 is 3.40. The Bertz CT molecular complexity index is 136. The standard InChI is InChI=1S/C5H7NS2/c1-2-7-5-3-4-6-8-5/h3-4H,2H2,1H3. The minimum absolute atomic E-state index is 1.14. The minimum atomic E-state index is 1.14. The lowest BCUT2D eigenvalue weighted by atomic mass is 10.8. The monoisotopic (exact) mass is 145 g/mol. The van der Waals surface area contributed by atoms with Gasteiger partial charge in [-0.3, -0.25) is 0 Å². The second-order valence-corrected chi connectivity index (χ2v) is 3.66. The first-order valence-electron chi connectivity index (χ1n) is 2.47. The third kappa shape index (κ3) is 1.49. The zero-order valence-electron chi connectivity index (χ0n) is 4.63. The van der Waals surface area contributed by atoms with E-state index in [0.717, 1.165) is 5.75 Å². The summed E-state index contributed by atoms with van der Waals surface area (Å²) in [5.74, 6) is 1.14. The first-order valence-corrected chi connectivity index (χ1v) is 4.23. The minimum Gasteiger partial charge on any atom is -0.200 e. The zero-order chi connectivity index (χ0) is 5.82. The topological polar surface area (TPSA) is 12.9 Å². The molecule has 0 atom stereocenters. The summed E-state index contributed by atoms with van der Waals surface area (Å²) in [4.78, 5) is 0. The van der Waals surface area contributed by atoms with Crippen LogP contribution in [0.25, 0.3) is 0 Å². The molecule has 1 heterocycles. The van der Waals surface area contributed by atoms with Gasteiger partial charge in [-0.05, 0) is 23.4 Å². The van der Waals surface area contributed by atoms with E-state index in [-0.39, 0.29) is 0 Å². The molecule has 0 radical (unpaired) electrons. The van der Waals surface area contributed by atoms with E-state index >= 15 is 0 Å². The van der Waals surface area contributed by atoms with Crippen LogP contribution in [0.5, 0.6) is 0 Å². The van der Waals surface area contributed by atoms with Gasteiger partial charge in [-0.25, -0.2) is 4.37 Å². The van der Waals surface area contributed by atoms with Crippen LogP contribution in [0.3, 0.4) is 0 Å². The van der Waals surface area contributed by atoms with Crippen molar-refractivity contribution in [3.8, 4) is 0 Å². The van der Waals surface area contributed by atoms with Gasteiger partial charge in [0.1, 0.15) is 0 Å². The van der Waals surface area contributed by atoms with E-state index in [2.05, 4.69) is 11.3 Å². The van der Waals surface area contributed by atoms with Gasteiger partial charge in [-0.1, -0.05) is 6.92 Å². The van der Waals surface area contributed by atoms with Crippen molar-refractivity contribution in [2.24, 2.45) is 0 Å². The second kappa shape index (κ2) is 3.10. The molecule has 0 bridgehead atoms. The average molecular weight is 145 g/mol. The third-order valence-electron chi connectivity index (χ3n) is 0.701. The summed E-state index contributed by atoms with van der Waals surface area (Å²) in [5.41, 5.74) is 0. The van der Waals surface area contributed by atoms with Gasteiger partial charge in [0.15, 0.2) is 0 Å². The summed E-state index contributed by atoms with van der Waals surface area (Å²) in [6.45, 7) is 2.14. The largest absolute Gasteiger partial charge is 0.200 e. The van der Waals surface area contributed by atoms with Crippen molar-refractivity contribution in [1.29, 1.82) is 0 Å². The smallest absolute Gasteiger partial charge is 0.0806 e. The maximum absolute atomic E-state index is 3.96. The highest BCUT2D eigenvalue weighted by Crippen LogP contribution is 2.19. The van der Waals surface area contributed by atoms with Gasteiger partial charge in [-0.2, -0.15) is 0 Å².